The van der Waals surface area contributed by atoms with Crippen molar-refractivity contribution < 1.29 is 24.9 Å². The Morgan fingerprint density at radius 3 is 2.50 bits per heavy atom. The lowest BCUT2D eigenvalue weighted by Gasteiger charge is -2.38. The highest BCUT2D eigenvalue weighted by atomic mass is 32.2. The zero-order valence-corrected chi connectivity index (χ0v) is 7.85. The van der Waals surface area contributed by atoms with Crippen LogP contribution in [0.4, 0.5) is 0 Å². The van der Waals surface area contributed by atoms with Crippen LogP contribution in [0.2, 0.25) is 0 Å². The van der Waals surface area contributed by atoms with Gasteiger partial charge in [-0.1, -0.05) is 0 Å². The molecular weight excluding hydrogens is 210 g/mol. The van der Waals surface area contributed by atoms with Crippen LogP contribution in [0.1, 0.15) is 0 Å². The van der Waals surface area contributed by atoms with Crippen LogP contribution in [-0.4, -0.2) is 61.5 Å². The number of amides is 1. The Balaban J connectivity index is 2.25. The largest absolute Gasteiger partial charge is 0.388 e. The molecule has 14 heavy (non-hydrogen) atoms. The molecule has 0 saturated carbocycles. The number of piperidine rings is 1. The molecule has 2 saturated heterocycles. The molecule has 3 N–H and O–H groups in total. The number of thioether (sulfide) groups is 1. The number of aliphatic hydroxyl groups excluding tert-OH is 3. The Hall–Kier alpha value is -0.630. The van der Waals surface area contributed by atoms with E-state index in [2.05, 4.69) is 0 Å². The second-order valence-corrected chi connectivity index (χ2v) is 4.39. The van der Waals surface area contributed by atoms with Gasteiger partial charge in [0.25, 0.3) is 5.12 Å². The van der Waals surface area contributed by atoms with E-state index >= 15 is 0 Å². The number of rotatable bonds is 0. The SMILES string of the molecule is O=C1S[C@@H]2[C@H](O)[C@H](O)[C@H](O)CN2C1=O. The molecule has 4 atom stereocenters. The van der Waals surface area contributed by atoms with Crippen molar-refractivity contribution >= 4 is 22.8 Å². The van der Waals surface area contributed by atoms with E-state index < -0.39 is 34.7 Å². The number of carbonyl (C=O) groups is 2. The van der Waals surface area contributed by atoms with Crippen LogP contribution in [0.5, 0.6) is 0 Å². The van der Waals surface area contributed by atoms with Gasteiger partial charge in [0.2, 0.25) is 0 Å². The van der Waals surface area contributed by atoms with Gasteiger partial charge in [-0.15, -0.1) is 0 Å². The van der Waals surface area contributed by atoms with Crippen LogP contribution < -0.4 is 0 Å². The van der Waals surface area contributed by atoms with E-state index in [1.54, 1.807) is 0 Å². The molecule has 0 aliphatic carbocycles. The molecular formula is C7H9NO5S. The highest BCUT2D eigenvalue weighted by molar-refractivity contribution is 8.16. The van der Waals surface area contributed by atoms with Crippen molar-refractivity contribution in [1.29, 1.82) is 0 Å². The molecule has 2 aliphatic heterocycles. The first-order valence-electron chi connectivity index (χ1n) is 4.08. The zero-order chi connectivity index (χ0) is 10.5. The first-order chi connectivity index (χ1) is 6.52. The standard InChI is InChI=1S/C7H9NO5S/c9-2-1-8-5(12)7(13)14-6(8)4(11)3(2)10/h2-4,6,9-11H,1H2/t2-,3-,4-,6-/m1/s1. The summed E-state index contributed by atoms with van der Waals surface area (Å²) in [5.74, 6) is -0.718. The maximum atomic E-state index is 11.2. The van der Waals surface area contributed by atoms with E-state index in [1.807, 2.05) is 0 Å². The summed E-state index contributed by atoms with van der Waals surface area (Å²) in [6.45, 7) is -0.111. The topological polar surface area (TPSA) is 98.1 Å². The smallest absolute Gasteiger partial charge is 0.302 e. The van der Waals surface area contributed by atoms with Crippen LogP contribution in [0, 0.1) is 0 Å². The zero-order valence-electron chi connectivity index (χ0n) is 7.03. The number of fused-ring (bicyclic) bond motifs is 1. The van der Waals surface area contributed by atoms with Crippen LogP contribution >= 0.6 is 11.8 Å². The van der Waals surface area contributed by atoms with Gasteiger partial charge >= 0.3 is 5.91 Å². The minimum absolute atomic E-state index is 0.111. The van der Waals surface area contributed by atoms with Crippen molar-refractivity contribution in [2.45, 2.75) is 23.7 Å². The first kappa shape index (κ1) is 9.91. The number of carbonyl (C=O) groups excluding carboxylic acids is 2. The predicted octanol–water partition coefficient (Wildman–Crippen LogP) is -2.49. The molecule has 6 nitrogen and oxygen atoms in total. The van der Waals surface area contributed by atoms with Crippen LogP contribution in [0.15, 0.2) is 0 Å². The van der Waals surface area contributed by atoms with Crippen molar-refractivity contribution in [1.82, 2.24) is 4.90 Å². The van der Waals surface area contributed by atoms with E-state index in [0.717, 1.165) is 4.90 Å². The van der Waals surface area contributed by atoms with Crippen LogP contribution in [-0.2, 0) is 9.59 Å². The molecule has 0 aromatic heterocycles. The van der Waals surface area contributed by atoms with E-state index in [0.29, 0.717) is 11.8 Å². The Morgan fingerprint density at radius 1 is 1.21 bits per heavy atom. The molecule has 2 heterocycles. The number of nitrogens with zero attached hydrogens (tertiary/aromatic N) is 1. The van der Waals surface area contributed by atoms with Gasteiger partial charge in [0.1, 0.15) is 23.7 Å². The van der Waals surface area contributed by atoms with Gasteiger partial charge in [-0.2, -0.15) is 0 Å². The Morgan fingerprint density at radius 2 is 1.86 bits per heavy atom. The molecule has 0 aromatic rings. The molecule has 2 rings (SSSR count). The monoisotopic (exact) mass is 219 g/mol. The molecule has 0 aromatic carbocycles. The normalized spacial score (nSPS) is 42.9. The molecule has 0 unspecified atom stereocenters. The third-order valence-electron chi connectivity index (χ3n) is 2.39. The molecule has 0 radical (unpaired) electrons. The summed E-state index contributed by atoms with van der Waals surface area (Å²) in [5.41, 5.74) is 0. The number of hydrogen-bond acceptors (Lipinski definition) is 6. The minimum atomic E-state index is -1.30. The maximum absolute atomic E-state index is 11.2. The third kappa shape index (κ3) is 1.24. The highest BCUT2D eigenvalue weighted by Crippen LogP contribution is 2.34. The summed E-state index contributed by atoms with van der Waals surface area (Å²) in [5, 5.41) is 26.6. The van der Waals surface area contributed by atoms with Gasteiger partial charge < -0.3 is 20.2 Å². The molecule has 0 spiro atoms. The Bertz CT molecular complexity index is 296. The summed E-state index contributed by atoms with van der Waals surface area (Å²) < 4.78 is 0. The lowest BCUT2D eigenvalue weighted by Crippen LogP contribution is -2.59. The summed E-state index contributed by atoms with van der Waals surface area (Å²) in [6, 6.07) is 0. The van der Waals surface area contributed by atoms with Gasteiger partial charge in [0.05, 0.1) is 6.54 Å². The minimum Gasteiger partial charge on any atom is -0.388 e. The average molecular weight is 219 g/mol. The summed E-state index contributed by atoms with van der Waals surface area (Å²) in [7, 11) is 0. The fraction of sp³-hybridized carbons (Fsp3) is 0.714. The number of aliphatic hydroxyl groups is 3. The van der Waals surface area contributed by atoms with Crippen molar-refractivity contribution in [3.05, 3.63) is 0 Å². The van der Waals surface area contributed by atoms with E-state index in [-0.39, 0.29) is 6.54 Å². The lowest BCUT2D eigenvalue weighted by molar-refractivity contribution is -0.152. The van der Waals surface area contributed by atoms with Gasteiger partial charge in [0, 0.05) is 0 Å². The van der Waals surface area contributed by atoms with Gasteiger partial charge in [-0.25, -0.2) is 0 Å². The molecule has 0 bridgehead atoms. The van der Waals surface area contributed by atoms with E-state index in [4.69, 9.17) is 0 Å². The fourth-order valence-corrected chi connectivity index (χ4v) is 2.65. The van der Waals surface area contributed by atoms with Gasteiger partial charge in [-0.05, 0) is 11.8 Å². The van der Waals surface area contributed by atoms with Crippen LogP contribution in [0.25, 0.3) is 0 Å². The Labute approximate surface area is 83.5 Å². The van der Waals surface area contributed by atoms with Crippen molar-refractivity contribution in [3.8, 4) is 0 Å². The molecule has 78 valence electrons. The van der Waals surface area contributed by atoms with Gasteiger partial charge in [-0.3, -0.25) is 9.59 Å². The second-order valence-electron chi connectivity index (χ2n) is 3.30. The summed E-state index contributed by atoms with van der Waals surface area (Å²) in [6.07, 6.45) is -3.78. The van der Waals surface area contributed by atoms with Crippen LogP contribution in [0.3, 0.4) is 0 Å². The molecule has 7 heteroatoms. The first-order valence-corrected chi connectivity index (χ1v) is 4.96. The van der Waals surface area contributed by atoms with Crippen molar-refractivity contribution in [2.75, 3.05) is 6.54 Å². The predicted molar refractivity (Wildman–Crippen MR) is 46.1 cm³/mol. The fourth-order valence-electron chi connectivity index (χ4n) is 1.60. The maximum Gasteiger partial charge on any atom is 0.302 e. The average Bonchev–Trinajstić information content (AvgIpc) is 2.42. The third-order valence-corrected chi connectivity index (χ3v) is 3.55. The highest BCUT2D eigenvalue weighted by Gasteiger charge is 2.50. The number of hydrogen-bond donors (Lipinski definition) is 3. The van der Waals surface area contributed by atoms with Gasteiger partial charge in [0.15, 0.2) is 0 Å². The summed E-state index contributed by atoms with van der Waals surface area (Å²) >= 11 is 0.688. The lowest BCUT2D eigenvalue weighted by atomic mass is 10.0. The van der Waals surface area contributed by atoms with E-state index in [9.17, 15) is 24.9 Å². The van der Waals surface area contributed by atoms with Crippen molar-refractivity contribution in [3.63, 3.8) is 0 Å². The second kappa shape index (κ2) is 3.20. The Kier molecular flexibility index (Phi) is 2.26. The quantitative estimate of drug-likeness (QED) is 0.390. The molecule has 2 fully saturated rings. The molecule has 2 aliphatic rings. The molecule has 1 amide bonds. The summed E-state index contributed by atoms with van der Waals surface area (Å²) in [4.78, 5) is 23.3. The van der Waals surface area contributed by atoms with Crippen molar-refractivity contribution in [2.24, 2.45) is 0 Å². The van der Waals surface area contributed by atoms with E-state index in [1.165, 1.54) is 0 Å².